The maximum atomic E-state index is 12.3. The number of furan rings is 1. The number of hydrogen-bond donors (Lipinski definition) is 1. The van der Waals surface area contributed by atoms with E-state index in [0.717, 1.165) is 5.39 Å². The molecule has 0 fully saturated rings. The molecule has 0 bridgehead atoms. The third-order valence-corrected chi connectivity index (χ3v) is 4.83. The molecule has 1 heterocycles. The number of nitrogens with zero attached hydrogens (tertiary/aromatic N) is 1. The summed E-state index contributed by atoms with van der Waals surface area (Å²) < 4.78 is 10.6. The maximum Gasteiger partial charge on any atom is 0.375 e. The van der Waals surface area contributed by atoms with Gasteiger partial charge in [0.05, 0.1) is 0 Å². The minimum Gasteiger partial charge on any atom is -0.450 e. The van der Waals surface area contributed by atoms with Gasteiger partial charge in [-0.1, -0.05) is 18.2 Å². The third-order valence-electron chi connectivity index (χ3n) is 4.83. The second-order valence-electron chi connectivity index (χ2n) is 6.73. The molecular weight excluding hydrogens is 384 g/mol. The van der Waals surface area contributed by atoms with Crippen LogP contribution >= 0.6 is 0 Å². The van der Waals surface area contributed by atoms with Crippen LogP contribution in [-0.2, 0) is 9.53 Å². The number of para-hydroxylation sites is 1. The van der Waals surface area contributed by atoms with E-state index in [1.807, 2.05) is 32.0 Å². The molecule has 0 aliphatic heterocycles. The highest BCUT2D eigenvalue weighted by Crippen LogP contribution is 2.25. The molecule has 7 heteroatoms. The van der Waals surface area contributed by atoms with E-state index in [1.54, 1.807) is 42.2 Å². The van der Waals surface area contributed by atoms with Gasteiger partial charge in [0, 0.05) is 35.3 Å². The summed E-state index contributed by atoms with van der Waals surface area (Å²) in [6, 6.07) is 13.9. The minimum atomic E-state index is -0.695. The van der Waals surface area contributed by atoms with E-state index in [2.05, 4.69) is 5.32 Å². The van der Waals surface area contributed by atoms with E-state index >= 15 is 0 Å². The summed E-state index contributed by atoms with van der Waals surface area (Å²) in [5, 5.41) is 3.47. The highest BCUT2D eigenvalue weighted by Gasteiger charge is 2.20. The quantitative estimate of drug-likeness (QED) is 0.597. The summed E-state index contributed by atoms with van der Waals surface area (Å²) in [5.74, 6) is -1.16. The molecule has 3 rings (SSSR count). The summed E-state index contributed by atoms with van der Waals surface area (Å²) in [6.45, 7) is 6.42. The average Bonchev–Trinajstić information content (AvgIpc) is 3.10. The van der Waals surface area contributed by atoms with Crippen molar-refractivity contribution < 1.29 is 23.5 Å². The molecule has 1 N–H and O–H groups in total. The lowest BCUT2D eigenvalue weighted by molar-refractivity contribution is -0.119. The van der Waals surface area contributed by atoms with E-state index in [1.165, 1.54) is 0 Å². The second-order valence-corrected chi connectivity index (χ2v) is 6.73. The van der Waals surface area contributed by atoms with E-state index in [4.69, 9.17) is 9.15 Å². The zero-order valence-electron chi connectivity index (χ0n) is 17.2. The van der Waals surface area contributed by atoms with Gasteiger partial charge in [-0.25, -0.2) is 4.79 Å². The minimum absolute atomic E-state index is 0.0620. The SMILES string of the molecule is CCN(CC)C(=O)c1ccc(NC(=O)COC(=O)c2oc3ccccc3c2C)cc1. The number of fused-ring (bicyclic) bond motifs is 1. The number of esters is 1. The Labute approximate surface area is 174 Å². The summed E-state index contributed by atoms with van der Waals surface area (Å²) in [6.07, 6.45) is 0. The molecular formula is C23H24N2O5. The van der Waals surface area contributed by atoms with Crippen molar-refractivity contribution in [3.8, 4) is 0 Å². The van der Waals surface area contributed by atoms with Gasteiger partial charge in [-0.2, -0.15) is 0 Å². The van der Waals surface area contributed by atoms with Crippen LogP contribution in [0.25, 0.3) is 11.0 Å². The zero-order chi connectivity index (χ0) is 21.7. The van der Waals surface area contributed by atoms with Crippen LogP contribution in [0.3, 0.4) is 0 Å². The highest BCUT2D eigenvalue weighted by molar-refractivity contribution is 5.99. The van der Waals surface area contributed by atoms with Gasteiger partial charge in [-0.3, -0.25) is 9.59 Å². The molecule has 0 saturated heterocycles. The molecule has 0 spiro atoms. The van der Waals surface area contributed by atoms with Gasteiger partial charge in [0.2, 0.25) is 5.76 Å². The summed E-state index contributed by atoms with van der Waals surface area (Å²) in [5.41, 5.74) is 2.31. The first kappa shape index (κ1) is 21.1. The lowest BCUT2D eigenvalue weighted by atomic mass is 10.1. The number of carbonyl (C=O) groups excluding carboxylic acids is 3. The van der Waals surface area contributed by atoms with Crippen LogP contribution in [0.4, 0.5) is 5.69 Å². The number of nitrogens with one attached hydrogen (secondary N) is 1. The monoisotopic (exact) mass is 408 g/mol. The van der Waals surface area contributed by atoms with Crippen molar-refractivity contribution in [1.29, 1.82) is 0 Å². The van der Waals surface area contributed by atoms with Gasteiger partial charge in [0.1, 0.15) is 5.58 Å². The third kappa shape index (κ3) is 4.51. The first-order chi connectivity index (χ1) is 14.4. The van der Waals surface area contributed by atoms with Gasteiger partial charge < -0.3 is 19.4 Å². The predicted octanol–water partition coefficient (Wildman–Crippen LogP) is 4.02. The van der Waals surface area contributed by atoms with Crippen LogP contribution in [0, 0.1) is 6.92 Å². The van der Waals surface area contributed by atoms with Crippen molar-refractivity contribution in [2.75, 3.05) is 25.0 Å². The molecule has 3 aromatic rings. The molecule has 0 saturated carbocycles. The van der Waals surface area contributed by atoms with E-state index in [-0.39, 0.29) is 11.7 Å². The number of anilines is 1. The number of hydrogen-bond acceptors (Lipinski definition) is 5. The maximum absolute atomic E-state index is 12.3. The van der Waals surface area contributed by atoms with E-state index < -0.39 is 18.5 Å². The van der Waals surface area contributed by atoms with Crippen molar-refractivity contribution >= 4 is 34.4 Å². The first-order valence-electron chi connectivity index (χ1n) is 9.79. The van der Waals surface area contributed by atoms with Crippen molar-refractivity contribution in [3.63, 3.8) is 0 Å². The number of carbonyl (C=O) groups is 3. The Morgan fingerprint density at radius 3 is 2.30 bits per heavy atom. The standard InChI is InChI=1S/C23H24N2O5/c1-4-25(5-2)22(27)16-10-12-17(13-11-16)24-20(26)14-29-23(28)21-15(3)18-8-6-7-9-19(18)30-21/h6-13H,4-5,14H2,1-3H3,(H,24,26). The van der Waals surface area contributed by atoms with E-state index in [9.17, 15) is 14.4 Å². The van der Waals surface area contributed by atoms with Gasteiger partial charge in [-0.15, -0.1) is 0 Å². The number of aryl methyl sites for hydroxylation is 1. The van der Waals surface area contributed by atoms with Crippen molar-refractivity contribution in [1.82, 2.24) is 4.90 Å². The Balaban J connectivity index is 1.57. The average molecular weight is 408 g/mol. The molecule has 0 unspecified atom stereocenters. The smallest absolute Gasteiger partial charge is 0.375 e. The second kappa shape index (κ2) is 9.26. The Hall–Kier alpha value is -3.61. The summed E-state index contributed by atoms with van der Waals surface area (Å²) >= 11 is 0. The van der Waals surface area contributed by atoms with Crippen LogP contribution in [0.15, 0.2) is 52.9 Å². The Morgan fingerprint density at radius 1 is 1.00 bits per heavy atom. The van der Waals surface area contributed by atoms with Crippen molar-refractivity contribution in [3.05, 3.63) is 65.4 Å². The van der Waals surface area contributed by atoms with Gasteiger partial charge in [0.25, 0.3) is 11.8 Å². The molecule has 0 aliphatic carbocycles. The number of amides is 2. The van der Waals surface area contributed by atoms with Crippen LogP contribution in [0.5, 0.6) is 0 Å². The van der Waals surface area contributed by atoms with Gasteiger partial charge in [0.15, 0.2) is 6.61 Å². The number of benzene rings is 2. The Morgan fingerprint density at radius 2 is 1.67 bits per heavy atom. The van der Waals surface area contributed by atoms with Crippen LogP contribution in [-0.4, -0.2) is 42.4 Å². The summed E-state index contributed by atoms with van der Waals surface area (Å²) in [4.78, 5) is 38.5. The van der Waals surface area contributed by atoms with Gasteiger partial charge in [-0.05, 0) is 51.1 Å². The molecule has 0 radical (unpaired) electrons. The molecule has 1 aromatic heterocycles. The molecule has 2 amide bonds. The Kier molecular flexibility index (Phi) is 6.51. The highest BCUT2D eigenvalue weighted by atomic mass is 16.5. The fraction of sp³-hybridized carbons (Fsp3) is 0.261. The van der Waals surface area contributed by atoms with Crippen molar-refractivity contribution in [2.45, 2.75) is 20.8 Å². The van der Waals surface area contributed by atoms with Crippen LogP contribution < -0.4 is 5.32 Å². The largest absolute Gasteiger partial charge is 0.450 e. The number of rotatable bonds is 7. The fourth-order valence-corrected chi connectivity index (χ4v) is 3.15. The van der Waals surface area contributed by atoms with Crippen LogP contribution in [0.2, 0.25) is 0 Å². The molecule has 156 valence electrons. The normalized spacial score (nSPS) is 10.6. The topological polar surface area (TPSA) is 88.9 Å². The molecule has 30 heavy (non-hydrogen) atoms. The molecule has 0 atom stereocenters. The lowest BCUT2D eigenvalue weighted by Gasteiger charge is -2.18. The van der Waals surface area contributed by atoms with Gasteiger partial charge >= 0.3 is 5.97 Å². The summed E-state index contributed by atoms with van der Waals surface area (Å²) in [7, 11) is 0. The van der Waals surface area contributed by atoms with E-state index in [0.29, 0.717) is 35.5 Å². The lowest BCUT2D eigenvalue weighted by Crippen LogP contribution is -2.30. The molecule has 7 nitrogen and oxygen atoms in total. The first-order valence-corrected chi connectivity index (χ1v) is 9.79. The Bertz CT molecular complexity index is 1060. The molecule has 2 aromatic carbocycles. The fourth-order valence-electron chi connectivity index (χ4n) is 3.15. The van der Waals surface area contributed by atoms with Crippen molar-refractivity contribution in [2.24, 2.45) is 0 Å². The predicted molar refractivity (Wildman–Crippen MR) is 114 cm³/mol. The number of ether oxygens (including phenoxy) is 1. The van der Waals surface area contributed by atoms with Crippen LogP contribution in [0.1, 0.15) is 40.3 Å². The zero-order valence-corrected chi connectivity index (χ0v) is 17.2. The molecule has 0 aliphatic rings.